The summed E-state index contributed by atoms with van der Waals surface area (Å²) in [6.45, 7) is 15.2. The first-order valence-electron chi connectivity index (χ1n) is 33.8. The smallest absolute Gasteiger partial charge is 0.194 e. The van der Waals surface area contributed by atoms with Crippen molar-refractivity contribution in [3.63, 3.8) is 0 Å². The van der Waals surface area contributed by atoms with Crippen molar-refractivity contribution in [2.45, 2.75) is 0 Å². The molecule has 0 aliphatic carbocycles. The standard InChI is InChI=1S/3C32H20N2/c1-33-30-19-11-10-17-25(30)28-20-29-27(22-12-4-2-5-13-22)21-31(23-14-6-3-7-15-23)34-32(29)26-18-9-8-16-24(26)28;1-33-25-16-10-15-24(19-25)28-20-30-29(22-11-4-2-5-12-22)21-31(23-13-6-3-7-14-23)34-32(30)27-18-9-8-17-26(27)28;33-21-22-15-17-24(18-16-22)28-19-30-29(23-9-3-1-4-10-23)20-31(25-11-5-2-6-12-25)34-32(30)27-14-8-7-13-26(27)28/h2*2-21H;1-20H. The number of hydrogen-bond acceptors (Lipinski definition) is 4. The molecule has 0 saturated heterocycles. The van der Waals surface area contributed by atoms with Crippen LogP contribution < -0.4 is 0 Å². The highest BCUT2D eigenvalue weighted by molar-refractivity contribution is 6.19. The Bertz CT molecular complexity index is 6300. The Balaban J connectivity index is 0.000000118. The monoisotopic (exact) mass is 1300 g/mol. The van der Waals surface area contributed by atoms with Crippen molar-refractivity contribution in [1.82, 2.24) is 15.0 Å². The summed E-state index contributed by atoms with van der Waals surface area (Å²) in [5.41, 5.74) is 24.3. The normalized spacial score (nSPS) is 10.9. The topological polar surface area (TPSA) is 71.2 Å². The third-order valence-corrected chi connectivity index (χ3v) is 18.8. The third-order valence-electron chi connectivity index (χ3n) is 18.8. The second-order valence-electron chi connectivity index (χ2n) is 24.9. The van der Waals surface area contributed by atoms with Gasteiger partial charge in [0.15, 0.2) is 11.4 Å². The fraction of sp³-hybridized carbons (Fsp3) is 0. The summed E-state index contributed by atoms with van der Waals surface area (Å²) in [5.74, 6) is 0. The van der Waals surface area contributed by atoms with Crippen LogP contribution >= 0.6 is 0 Å². The molecule has 18 rings (SSSR count). The molecule has 0 spiro atoms. The van der Waals surface area contributed by atoms with Gasteiger partial charge >= 0.3 is 0 Å². The van der Waals surface area contributed by atoms with Crippen LogP contribution in [0.4, 0.5) is 11.4 Å². The van der Waals surface area contributed by atoms with E-state index in [1.807, 2.05) is 115 Å². The average molecular weight is 1300 g/mol. The molecule has 6 nitrogen and oxygen atoms in total. The Hall–Kier alpha value is -14.2. The molecule has 0 bridgehead atoms. The van der Waals surface area contributed by atoms with E-state index in [2.05, 4.69) is 264 Å². The molecule has 0 atom stereocenters. The molecule has 474 valence electrons. The predicted octanol–water partition coefficient (Wildman–Crippen LogP) is 26.1. The molecule has 0 aliphatic rings. The van der Waals surface area contributed by atoms with E-state index >= 15 is 0 Å². The van der Waals surface area contributed by atoms with Gasteiger partial charge in [-0.3, -0.25) is 0 Å². The summed E-state index contributed by atoms with van der Waals surface area (Å²) in [5, 5.41) is 19.2. The zero-order chi connectivity index (χ0) is 68.7. The minimum absolute atomic E-state index is 0.641. The van der Waals surface area contributed by atoms with Gasteiger partial charge in [-0.05, 0) is 138 Å². The second-order valence-corrected chi connectivity index (χ2v) is 24.9. The van der Waals surface area contributed by atoms with Crippen LogP contribution in [0.15, 0.2) is 364 Å². The van der Waals surface area contributed by atoms with E-state index in [9.17, 15) is 5.26 Å². The number of rotatable bonds is 9. The second kappa shape index (κ2) is 28.1. The van der Waals surface area contributed by atoms with E-state index in [4.69, 9.17) is 28.1 Å². The maximum Gasteiger partial charge on any atom is 0.194 e. The van der Waals surface area contributed by atoms with Crippen LogP contribution in [0.5, 0.6) is 0 Å². The molecular weight excluding hydrogens is 1240 g/mol. The van der Waals surface area contributed by atoms with Crippen molar-refractivity contribution in [2.75, 3.05) is 0 Å². The number of aromatic nitrogens is 3. The number of nitriles is 1. The molecule has 0 saturated carbocycles. The Kier molecular flexibility index (Phi) is 17.2. The first-order valence-corrected chi connectivity index (χ1v) is 33.8. The van der Waals surface area contributed by atoms with Gasteiger partial charge in [0.1, 0.15) is 0 Å². The SMILES string of the molecule is N#Cc1ccc(-c2cc3c(-c4ccccc4)cc(-c4ccccc4)nc3c3ccccc23)cc1.[C-]#[N+]c1cccc(-c2cc3c(-c4ccccc4)cc(-c4ccccc4)nc3c3ccccc23)c1.[C-]#[N+]c1ccccc1-c1cc2c(-c3ccccc3)cc(-c3ccccc3)nc2c2ccccc12. The number of nitrogens with zero attached hydrogens (tertiary/aromatic N) is 6. The molecule has 0 amide bonds. The summed E-state index contributed by atoms with van der Waals surface area (Å²) >= 11 is 0. The van der Waals surface area contributed by atoms with Crippen LogP contribution in [0.25, 0.3) is 175 Å². The Morgan fingerprint density at radius 3 is 0.912 bits per heavy atom. The molecule has 0 N–H and O–H groups in total. The molecule has 18 aromatic rings. The van der Waals surface area contributed by atoms with E-state index in [-0.39, 0.29) is 0 Å². The summed E-state index contributed by atoms with van der Waals surface area (Å²) in [7, 11) is 0. The van der Waals surface area contributed by atoms with Crippen LogP contribution in [-0.2, 0) is 0 Å². The van der Waals surface area contributed by atoms with Crippen molar-refractivity contribution in [3.05, 3.63) is 392 Å². The Labute approximate surface area is 592 Å². The van der Waals surface area contributed by atoms with Gasteiger partial charge in [0.25, 0.3) is 0 Å². The predicted molar refractivity (Wildman–Crippen MR) is 424 cm³/mol. The minimum Gasteiger partial charge on any atom is -0.247 e. The molecule has 15 aromatic carbocycles. The molecule has 0 aliphatic heterocycles. The van der Waals surface area contributed by atoms with Gasteiger partial charge in [0, 0.05) is 49.0 Å². The zero-order valence-corrected chi connectivity index (χ0v) is 55.3. The molecule has 102 heavy (non-hydrogen) atoms. The molecule has 0 fully saturated rings. The first-order chi connectivity index (χ1) is 50.5. The van der Waals surface area contributed by atoms with Gasteiger partial charge in [0.2, 0.25) is 0 Å². The van der Waals surface area contributed by atoms with Crippen LogP contribution in [0, 0.1) is 24.5 Å². The third kappa shape index (κ3) is 12.3. The molecule has 0 radical (unpaired) electrons. The molecule has 6 heteroatoms. The highest BCUT2D eigenvalue weighted by Crippen LogP contribution is 2.45. The van der Waals surface area contributed by atoms with E-state index in [0.717, 1.165) is 166 Å². The lowest BCUT2D eigenvalue weighted by molar-refractivity contribution is 1.41. The van der Waals surface area contributed by atoms with E-state index in [1.165, 1.54) is 0 Å². The van der Waals surface area contributed by atoms with Crippen molar-refractivity contribution in [1.29, 1.82) is 5.26 Å². The number of fused-ring (bicyclic) bond motifs is 9. The van der Waals surface area contributed by atoms with Crippen LogP contribution in [0.1, 0.15) is 5.56 Å². The molecule has 3 heterocycles. The van der Waals surface area contributed by atoms with Crippen molar-refractivity contribution >= 4 is 76.4 Å². The van der Waals surface area contributed by atoms with Gasteiger partial charge in [-0.15, -0.1) is 0 Å². The quantitative estimate of drug-likeness (QED) is 0.107. The molecule has 3 aromatic heterocycles. The van der Waals surface area contributed by atoms with Crippen molar-refractivity contribution in [2.24, 2.45) is 0 Å². The summed E-state index contributed by atoms with van der Waals surface area (Å²) < 4.78 is 0. The maximum atomic E-state index is 9.24. The summed E-state index contributed by atoms with van der Waals surface area (Å²) in [4.78, 5) is 23.0. The summed E-state index contributed by atoms with van der Waals surface area (Å²) in [6, 6.07) is 127. The van der Waals surface area contributed by atoms with Crippen LogP contribution in [-0.4, -0.2) is 15.0 Å². The summed E-state index contributed by atoms with van der Waals surface area (Å²) in [6.07, 6.45) is 0. The van der Waals surface area contributed by atoms with E-state index < -0.39 is 0 Å². The zero-order valence-electron chi connectivity index (χ0n) is 55.3. The number of pyridine rings is 3. The van der Waals surface area contributed by atoms with Gasteiger partial charge < -0.3 is 0 Å². The highest BCUT2D eigenvalue weighted by Gasteiger charge is 2.21. The van der Waals surface area contributed by atoms with Gasteiger partial charge in [0.05, 0.1) is 58.4 Å². The molecular formula is C96H60N6. The van der Waals surface area contributed by atoms with Crippen molar-refractivity contribution < 1.29 is 0 Å². The lowest BCUT2D eigenvalue weighted by Gasteiger charge is -2.16. The molecule has 0 unspecified atom stereocenters. The number of para-hydroxylation sites is 1. The number of benzene rings is 15. The lowest BCUT2D eigenvalue weighted by atomic mass is 9.90. The largest absolute Gasteiger partial charge is 0.247 e. The maximum absolute atomic E-state index is 9.24. The Morgan fingerprint density at radius 1 is 0.225 bits per heavy atom. The van der Waals surface area contributed by atoms with Crippen LogP contribution in [0.2, 0.25) is 0 Å². The van der Waals surface area contributed by atoms with Crippen LogP contribution in [0.3, 0.4) is 0 Å². The van der Waals surface area contributed by atoms with E-state index in [1.54, 1.807) is 0 Å². The highest BCUT2D eigenvalue weighted by atomic mass is 14.7. The minimum atomic E-state index is 0.641. The van der Waals surface area contributed by atoms with Gasteiger partial charge in [-0.25, -0.2) is 24.6 Å². The lowest BCUT2D eigenvalue weighted by Crippen LogP contribution is -1.93. The fourth-order valence-corrected chi connectivity index (χ4v) is 14.0. The van der Waals surface area contributed by atoms with Gasteiger partial charge in [-0.1, -0.05) is 309 Å². The van der Waals surface area contributed by atoms with Gasteiger partial charge in [-0.2, -0.15) is 5.26 Å². The first kappa shape index (κ1) is 62.6. The fourth-order valence-electron chi connectivity index (χ4n) is 14.0. The van der Waals surface area contributed by atoms with Crippen molar-refractivity contribution in [3.8, 4) is 107 Å². The number of hydrogen-bond donors (Lipinski definition) is 0. The van der Waals surface area contributed by atoms with E-state index in [0.29, 0.717) is 16.9 Å². The average Bonchev–Trinajstić information content (AvgIpc) is 0.753. The Morgan fingerprint density at radius 2 is 0.529 bits per heavy atom.